The second-order valence-electron chi connectivity index (χ2n) is 4.40. The molecule has 0 saturated carbocycles. The van der Waals surface area contributed by atoms with Gasteiger partial charge in [-0.3, -0.25) is 14.8 Å². The Morgan fingerprint density at radius 1 is 1.38 bits per heavy atom. The Balaban J connectivity index is 1.83. The van der Waals surface area contributed by atoms with Gasteiger partial charge in [-0.2, -0.15) is 5.10 Å². The summed E-state index contributed by atoms with van der Waals surface area (Å²) >= 11 is 1.51. The smallest absolute Gasteiger partial charge is 0.258 e. The molecule has 3 rings (SSSR count). The highest BCUT2D eigenvalue weighted by molar-refractivity contribution is 7.98. The molecule has 3 aromatic rings. The van der Waals surface area contributed by atoms with Crippen molar-refractivity contribution < 1.29 is 4.92 Å². The van der Waals surface area contributed by atoms with Crippen LogP contribution in [0.5, 0.6) is 0 Å². The molecule has 21 heavy (non-hydrogen) atoms. The van der Waals surface area contributed by atoms with Gasteiger partial charge in [0.25, 0.3) is 5.69 Å². The second-order valence-corrected chi connectivity index (χ2v) is 5.36. The van der Waals surface area contributed by atoms with Crippen molar-refractivity contribution in [2.45, 2.75) is 10.8 Å². The number of fused-ring (bicyclic) bond motifs is 1. The predicted molar refractivity (Wildman–Crippen MR) is 79.0 cm³/mol. The van der Waals surface area contributed by atoms with E-state index in [1.54, 1.807) is 23.0 Å². The number of rotatable bonds is 4. The number of non-ortho nitro benzene ring substituents is 1. The first-order valence-corrected chi connectivity index (χ1v) is 7.12. The van der Waals surface area contributed by atoms with Crippen LogP contribution >= 0.6 is 11.8 Å². The molecule has 0 bridgehead atoms. The maximum absolute atomic E-state index is 10.8. The summed E-state index contributed by atoms with van der Waals surface area (Å²) in [5.74, 6) is 0.600. The molecular weight excluding hydrogens is 290 g/mol. The van der Waals surface area contributed by atoms with Gasteiger partial charge in [0.2, 0.25) is 0 Å². The van der Waals surface area contributed by atoms with Crippen LogP contribution in [0, 0.1) is 10.1 Å². The van der Waals surface area contributed by atoms with Gasteiger partial charge in [0.1, 0.15) is 11.4 Å². The minimum Gasteiger partial charge on any atom is -0.258 e. The Morgan fingerprint density at radius 3 is 3.05 bits per heavy atom. The molecule has 7 nitrogen and oxygen atoms in total. The zero-order valence-electron chi connectivity index (χ0n) is 11.1. The fraction of sp³-hybridized carbons (Fsp3) is 0.154. The third-order valence-corrected chi connectivity index (χ3v) is 4.07. The quantitative estimate of drug-likeness (QED) is 0.318. The Kier molecular flexibility index (Phi) is 3.53. The standard InChI is InChI=1S/C13H11N5O2S/c1-17-12-11(6-16-17)13(15-8-14-12)21-7-9-3-2-4-10(5-9)18(19)20/h2-6,8H,7H2,1H3. The van der Waals surface area contributed by atoms with Crippen molar-refractivity contribution in [3.8, 4) is 0 Å². The van der Waals surface area contributed by atoms with Gasteiger partial charge in [-0.25, -0.2) is 9.97 Å². The summed E-state index contributed by atoms with van der Waals surface area (Å²) in [4.78, 5) is 18.8. The number of nitrogens with zero attached hydrogens (tertiary/aromatic N) is 5. The van der Waals surface area contributed by atoms with Gasteiger partial charge >= 0.3 is 0 Å². The van der Waals surface area contributed by atoms with Gasteiger partial charge in [-0.1, -0.05) is 12.1 Å². The predicted octanol–water partition coefficient (Wildman–Crippen LogP) is 2.56. The first-order chi connectivity index (χ1) is 10.1. The van der Waals surface area contributed by atoms with E-state index in [2.05, 4.69) is 15.1 Å². The Hall–Kier alpha value is -2.48. The zero-order valence-corrected chi connectivity index (χ0v) is 11.9. The molecule has 0 amide bonds. The normalized spacial score (nSPS) is 10.9. The van der Waals surface area contributed by atoms with Gasteiger partial charge in [0.05, 0.1) is 16.5 Å². The molecule has 2 aromatic heterocycles. The summed E-state index contributed by atoms with van der Waals surface area (Å²) in [6, 6.07) is 6.61. The van der Waals surface area contributed by atoms with E-state index in [1.807, 2.05) is 13.1 Å². The first kappa shape index (κ1) is 13.5. The van der Waals surface area contributed by atoms with E-state index in [-0.39, 0.29) is 5.69 Å². The van der Waals surface area contributed by atoms with Crippen LogP contribution < -0.4 is 0 Å². The SMILES string of the molecule is Cn1ncc2c(SCc3cccc([N+](=O)[O-])c3)ncnc21. The van der Waals surface area contributed by atoms with Crippen molar-refractivity contribution in [3.05, 3.63) is 52.5 Å². The van der Waals surface area contributed by atoms with Gasteiger partial charge in [-0.05, 0) is 5.56 Å². The largest absolute Gasteiger partial charge is 0.269 e. The number of aryl methyl sites for hydroxylation is 1. The van der Waals surface area contributed by atoms with Crippen molar-refractivity contribution in [1.82, 2.24) is 19.7 Å². The second kappa shape index (κ2) is 5.49. The fourth-order valence-electron chi connectivity index (χ4n) is 1.97. The number of aromatic nitrogens is 4. The summed E-state index contributed by atoms with van der Waals surface area (Å²) in [6.45, 7) is 0. The molecule has 0 atom stereocenters. The minimum atomic E-state index is -0.391. The number of nitro benzene ring substituents is 1. The molecule has 8 heteroatoms. The number of nitro groups is 1. The van der Waals surface area contributed by atoms with Crippen LogP contribution in [0.3, 0.4) is 0 Å². The highest BCUT2D eigenvalue weighted by atomic mass is 32.2. The van der Waals surface area contributed by atoms with E-state index in [9.17, 15) is 10.1 Å². The van der Waals surface area contributed by atoms with E-state index in [4.69, 9.17) is 0 Å². The Morgan fingerprint density at radius 2 is 2.24 bits per heavy atom. The molecule has 0 aliphatic rings. The molecule has 0 fully saturated rings. The van der Waals surface area contributed by atoms with Crippen LogP contribution in [0.2, 0.25) is 0 Å². The summed E-state index contributed by atoms with van der Waals surface area (Å²) in [7, 11) is 1.82. The molecule has 0 saturated heterocycles. The molecule has 106 valence electrons. The van der Waals surface area contributed by atoms with Crippen LogP contribution in [0.4, 0.5) is 5.69 Å². The molecular formula is C13H11N5O2S. The number of thioether (sulfide) groups is 1. The molecule has 1 aromatic carbocycles. The topological polar surface area (TPSA) is 86.7 Å². The van der Waals surface area contributed by atoms with Gasteiger partial charge in [0.15, 0.2) is 5.65 Å². The van der Waals surface area contributed by atoms with E-state index in [0.29, 0.717) is 5.75 Å². The fourth-order valence-corrected chi connectivity index (χ4v) is 2.87. The third kappa shape index (κ3) is 2.70. The van der Waals surface area contributed by atoms with Crippen LogP contribution in [0.1, 0.15) is 5.56 Å². The van der Waals surface area contributed by atoms with E-state index < -0.39 is 4.92 Å². The highest BCUT2D eigenvalue weighted by Gasteiger charge is 2.10. The lowest BCUT2D eigenvalue weighted by Gasteiger charge is -2.02. The van der Waals surface area contributed by atoms with E-state index in [1.165, 1.54) is 24.2 Å². The molecule has 0 aliphatic carbocycles. The highest BCUT2D eigenvalue weighted by Crippen LogP contribution is 2.27. The molecule has 0 N–H and O–H groups in total. The van der Waals surface area contributed by atoms with Crippen molar-refractivity contribution in [1.29, 1.82) is 0 Å². The minimum absolute atomic E-state index is 0.0994. The maximum atomic E-state index is 10.8. The molecule has 0 radical (unpaired) electrons. The summed E-state index contributed by atoms with van der Waals surface area (Å²) in [5.41, 5.74) is 1.75. The average Bonchev–Trinajstić information content (AvgIpc) is 2.88. The number of hydrogen-bond donors (Lipinski definition) is 0. The molecule has 0 aliphatic heterocycles. The third-order valence-electron chi connectivity index (χ3n) is 2.99. The van der Waals surface area contributed by atoms with E-state index >= 15 is 0 Å². The molecule has 0 unspecified atom stereocenters. The summed E-state index contributed by atoms with van der Waals surface area (Å²) < 4.78 is 1.69. The molecule has 0 spiro atoms. The lowest BCUT2D eigenvalue weighted by Crippen LogP contribution is -1.93. The first-order valence-electron chi connectivity index (χ1n) is 6.14. The van der Waals surface area contributed by atoms with Crippen LogP contribution in [0.15, 0.2) is 41.8 Å². The maximum Gasteiger partial charge on any atom is 0.269 e. The number of benzene rings is 1. The number of hydrogen-bond acceptors (Lipinski definition) is 6. The van der Waals surface area contributed by atoms with Gasteiger partial charge in [0, 0.05) is 24.9 Å². The lowest BCUT2D eigenvalue weighted by atomic mass is 10.2. The monoisotopic (exact) mass is 301 g/mol. The zero-order chi connectivity index (χ0) is 14.8. The van der Waals surface area contributed by atoms with Gasteiger partial charge in [-0.15, -0.1) is 11.8 Å². The van der Waals surface area contributed by atoms with E-state index in [0.717, 1.165) is 21.6 Å². The summed E-state index contributed by atoms with van der Waals surface area (Å²) in [5, 5.41) is 16.6. The van der Waals surface area contributed by atoms with Gasteiger partial charge < -0.3 is 0 Å². The van der Waals surface area contributed by atoms with Crippen molar-refractivity contribution in [2.24, 2.45) is 7.05 Å². The molecule has 2 heterocycles. The van der Waals surface area contributed by atoms with Crippen molar-refractivity contribution in [3.63, 3.8) is 0 Å². The van der Waals surface area contributed by atoms with Crippen molar-refractivity contribution in [2.75, 3.05) is 0 Å². The average molecular weight is 301 g/mol. The van der Waals surface area contributed by atoms with Crippen LogP contribution in [-0.4, -0.2) is 24.7 Å². The Bertz CT molecular complexity index is 817. The lowest BCUT2D eigenvalue weighted by molar-refractivity contribution is -0.384. The van der Waals surface area contributed by atoms with Crippen LogP contribution in [0.25, 0.3) is 11.0 Å². The van der Waals surface area contributed by atoms with Crippen LogP contribution in [-0.2, 0) is 12.8 Å². The van der Waals surface area contributed by atoms with Crippen molar-refractivity contribution >= 4 is 28.5 Å². The summed E-state index contributed by atoms with van der Waals surface area (Å²) in [6.07, 6.45) is 3.23. The Labute approximate surface area is 124 Å².